The van der Waals surface area contributed by atoms with Crippen LogP contribution in [0.3, 0.4) is 0 Å². The van der Waals surface area contributed by atoms with E-state index in [0.717, 1.165) is 12.8 Å². The standard InChI is InChI=1S/C11H20N2O4/c1-8(9(14)15)13(3)10(16)12-11(2)5-4-6-17-7-11/h8H,4-7H2,1-3H3,(H,12,16)(H,14,15). The fourth-order valence-electron chi connectivity index (χ4n) is 1.72. The molecule has 98 valence electrons. The van der Waals surface area contributed by atoms with Gasteiger partial charge in [-0.15, -0.1) is 0 Å². The molecule has 0 aliphatic carbocycles. The number of hydrogen-bond donors (Lipinski definition) is 2. The first-order chi connectivity index (χ1) is 7.86. The van der Waals surface area contributed by atoms with Crippen molar-refractivity contribution in [1.29, 1.82) is 0 Å². The predicted molar refractivity (Wildman–Crippen MR) is 61.9 cm³/mol. The molecule has 17 heavy (non-hydrogen) atoms. The van der Waals surface area contributed by atoms with E-state index < -0.39 is 17.6 Å². The van der Waals surface area contributed by atoms with Gasteiger partial charge in [-0.25, -0.2) is 9.59 Å². The lowest BCUT2D eigenvalue weighted by molar-refractivity contribution is -0.141. The van der Waals surface area contributed by atoms with Gasteiger partial charge in [0.25, 0.3) is 0 Å². The van der Waals surface area contributed by atoms with Crippen LogP contribution in [0.2, 0.25) is 0 Å². The summed E-state index contributed by atoms with van der Waals surface area (Å²) in [5, 5.41) is 11.7. The Morgan fingerprint density at radius 1 is 1.53 bits per heavy atom. The summed E-state index contributed by atoms with van der Waals surface area (Å²) in [5.74, 6) is -1.02. The number of rotatable bonds is 3. The van der Waals surface area contributed by atoms with E-state index in [-0.39, 0.29) is 6.03 Å². The molecule has 0 radical (unpaired) electrons. The highest BCUT2D eigenvalue weighted by Crippen LogP contribution is 2.18. The van der Waals surface area contributed by atoms with Crippen molar-refractivity contribution in [2.75, 3.05) is 20.3 Å². The van der Waals surface area contributed by atoms with Crippen LogP contribution in [0.15, 0.2) is 0 Å². The lowest BCUT2D eigenvalue weighted by atomic mass is 9.95. The summed E-state index contributed by atoms with van der Waals surface area (Å²) < 4.78 is 5.32. The van der Waals surface area contributed by atoms with E-state index in [0.29, 0.717) is 13.2 Å². The largest absolute Gasteiger partial charge is 0.480 e. The molecule has 1 rings (SSSR count). The Hall–Kier alpha value is -1.30. The molecule has 2 unspecified atom stereocenters. The molecule has 1 aliphatic rings. The van der Waals surface area contributed by atoms with E-state index in [2.05, 4.69) is 5.32 Å². The van der Waals surface area contributed by atoms with E-state index >= 15 is 0 Å². The van der Waals surface area contributed by atoms with Crippen molar-refractivity contribution in [1.82, 2.24) is 10.2 Å². The van der Waals surface area contributed by atoms with Gasteiger partial charge in [0.05, 0.1) is 12.1 Å². The first kappa shape index (κ1) is 13.8. The average molecular weight is 244 g/mol. The van der Waals surface area contributed by atoms with Crippen LogP contribution in [-0.2, 0) is 9.53 Å². The molecule has 1 aliphatic heterocycles. The molecule has 6 heteroatoms. The van der Waals surface area contributed by atoms with Gasteiger partial charge in [0.15, 0.2) is 0 Å². The molecule has 0 aromatic carbocycles. The van der Waals surface area contributed by atoms with E-state index in [1.807, 2.05) is 6.92 Å². The number of carboxylic acids is 1. The maximum Gasteiger partial charge on any atom is 0.326 e. The van der Waals surface area contributed by atoms with Crippen molar-refractivity contribution >= 4 is 12.0 Å². The molecule has 0 saturated carbocycles. The molecule has 0 bridgehead atoms. The average Bonchev–Trinajstić information content (AvgIpc) is 2.27. The molecule has 1 heterocycles. The third-order valence-electron chi connectivity index (χ3n) is 3.11. The van der Waals surface area contributed by atoms with Crippen LogP contribution in [0.1, 0.15) is 26.7 Å². The summed E-state index contributed by atoms with van der Waals surface area (Å²) in [4.78, 5) is 23.8. The summed E-state index contributed by atoms with van der Waals surface area (Å²) in [5.41, 5.74) is -0.401. The lowest BCUT2D eigenvalue weighted by Gasteiger charge is -2.36. The van der Waals surface area contributed by atoms with Crippen molar-refractivity contribution in [2.45, 2.75) is 38.3 Å². The van der Waals surface area contributed by atoms with E-state index in [1.54, 1.807) is 0 Å². The zero-order valence-electron chi connectivity index (χ0n) is 10.5. The van der Waals surface area contributed by atoms with Gasteiger partial charge in [-0.3, -0.25) is 0 Å². The Morgan fingerprint density at radius 2 is 2.18 bits per heavy atom. The van der Waals surface area contributed by atoms with Gasteiger partial charge in [-0.05, 0) is 26.7 Å². The molecular formula is C11H20N2O4. The number of ether oxygens (including phenoxy) is 1. The minimum Gasteiger partial charge on any atom is -0.480 e. The molecule has 1 fully saturated rings. The summed E-state index contributed by atoms with van der Waals surface area (Å²) in [6, 6.07) is -1.23. The second-order valence-corrected chi connectivity index (χ2v) is 4.77. The van der Waals surface area contributed by atoms with Gasteiger partial charge in [0, 0.05) is 13.7 Å². The molecule has 1 saturated heterocycles. The van der Waals surface area contributed by atoms with Gasteiger partial charge in [0.1, 0.15) is 6.04 Å². The summed E-state index contributed by atoms with van der Waals surface area (Å²) >= 11 is 0. The maximum absolute atomic E-state index is 11.9. The van der Waals surface area contributed by atoms with Crippen LogP contribution in [0.4, 0.5) is 4.79 Å². The van der Waals surface area contributed by atoms with Crippen LogP contribution in [0.5, 0.6) is 0 Å². The zero-order valence-corrected chi connectivity index (χ0v) is 10.5. The number of likely N-dealkylation sites (N-methyl/N-ethyl adjacent to an activating group) is 1. The number of carbonyl (C=O) groups is 2. The van der Waals surface area contributed by atoms with Crippen molar-refractivity contribution in [2.24, 2.45) is 0 Å². The molecule has 2 atom stereocenters. The normalized spacial score (nSPS) is 26.1. The fourth-order valence-corrected chi connectivity index (χ4v) is 1.72. The number of hydrogen-bond acceptors (Lipinski definition) is 3. The molecule has 2 N–H and O–H groups in total. The molecule has 0 aromatic heterocycles. The minimum absolute atomic E-state index is 0.382. The van der Waals surface area contributed by atoms with Crippen LogP contribution < -0.4 is 5.32 Å². The molecule has 0 aromatic rings. The first-order valence-corrected chi connectivity index (χ1v) is 5.71. The van der Waals surface area contributed by atoms with Gasteiger partial charge in [-0.2, -0.15) is 0 Å². The van der Waals surface area contributed by atoms with Gasteiger partial charge in [0.2, 0.25) is 0 Å². The van der Waals surface area contributed by atoms with Crippen LogP contribution in [0.25, 0.3) is 0 Å². The second kappa shape index (κ2) is 5.35. The number of carbonyl (C=O) groups excluding carboxylic acids is 1. The van der Waals surface area contributed by atoms with Crippen LogP contribution in [0, 0.1) is 0 Å². The fraction of sp³-hybridized carbons (Fsp3) is 0.818. The number of aliphatic carboxylic acids is 1. The SMILES string of the molecule is CC(C(=O)O)N(C)C(=O)NC1(C)CCCOC1. The van der Waals surface area contributed by atoms with E-state index in [9.17, 15) is 9.59 Å². The predicted octanol–water partition coefficient (Wildman–Crippen LogP) is 0.670. The monoisotopic (exact) mass is 244 g/mol. The van der Waals surface area contributed by atoms with Gasteiger partial charge >= 0.3 is 12.0 Å². The topological polar surface area (TPSA) is 78.9 Å². The third kappa shape index (κ3) is 3.59. The van der Waals surface area contributed by atoms with Crippen LogP contribution >= 0.6 is 0 Å². The highest BCUT2D eigenvalue weighted by atomic mass is 16.5. The Bertz CT molecular complexity index is 300. The minimum atomic E-state index is -1.02. The van der Waals surface area contributed by atoms with E-state index in [4.69, 9.17) is 9.84 Å². The summed E-state index contributed by atoms with van der Waals surface area (Å²) in [6.07, 6.45) is 1.74. The Morgan fingerprint density at radius 3 is 2.65 bits per heavy atom. The van der Waals surface area contributed by atoms with Crippen molar-refractivity contribution < 1.29 is 19.4 Å². The molecular weight excluding hydrogens is 224 g/mol. The smallest absolute Gasteiger partial charge is 0.326 e. The maximum atomic E-state index is 11.9. The molecule has 6 nitrogen and oxygen atoms in total. The first-order valence-electron chi connectivity index (χ1n) is 5.71. The molecule has 2 amide bonds. The second-order valence-electron chi connectivity index (χ2n) is 4.77. The highest BCUT2D eigenvalue weighted by molar-refractivity contribution is 5.82. The van der Waals surface area contributed by atoms with E-state index in [1.165, 1.54) is 18.9 Å². The van der Waals surface area contributed by atoms with Crippen LogP contribution in [-0.4, -0.2) is 53.8 Å². The highest BCUT2D eigenvalue weighted by Gasteiger charge is 2.32. The number of urea groups is 1. The zero-order chi connectivity index (χ0) is 13.1. The quantitative estimate of drug-likeness (QED) is 0.764. The van der Waals surface area contributed by atoms with Gasteiger partial charge in [-0.1, -0.05) is 0 Å². The Kier molecular flexibility index (Phi) is 4.34. The van der Waals surface area contributed by atoms with Crippen molar-refractivity contribution in [3.8, 4) is 0 Å². The van der Waals surface area contributed by atoms with Crippen molar-refractivity contribution in [3.63, 3.8) is 0 Å². The molecule has 0 spiro atoms. The number of amides is 2. The third-order valence-corrected chi connectivity index (χ3v) is 3.11. The summed E-state index contributed by atoms with van der Waals surface area (Å²) in [6.45, 7) is 4.56. The number of nitrogens with one attached hydrogen (secondary N) is 1. The Labute approximate surface area is 101 Å². The number of carboxylic acid groups (broad SMARTS) is 1. The summed E-state index contributed by atoms with van der Waals surface area (Å²) in [7, 11) is 1.47. The number of nitrogens with zero attached hydrogens (tertiary/aromatic N) is 1. The lowest BCUT2D eigenvalue weighted by Crippen LogP contribution is -2.57. The van der Waals surface area contributed by atoms with Crippen molar-refractivity contribution in [3.05, 3.63) is 0 Å². The Balaban J connectivity index is 2.55. The van der Waals surface area contributed by atoms with Gasteiger partial charge < -0.3 is 20.1 Å².